The zero-order valence-corrected chi connectivity index (χ0v) is 13.1. The number of hydrogen-bond donors (Lipinski definition) is 2. The van der Waals surface area contributed by atoms with Crippen molar-refractivity contribution in [3.63, 3.8) is 0 Å². The van der Waals surface area contributed by atoms with Crippen LogP contribution in [0, 0.1) is 5.92 Å². The Labute approximate surface area is 122 Å². The van der Waals surface area contributed by atoms with Gasteiger partial charge in [0.15, 0.2) is 0 Å². The van der Waals surface area contributed by atoms with Crippen LogP contribution in [-0.2, 0) is 16.4 Å². The summed E-state index contributed by atoms with van der Waals surface area (Å²) in [5.74, 6) is 0.216. The summed E-state index contributed by atoms with van der Waals surface area (Å²) in [7, 11) is -3.41. The van der Waals surface area contributed by atoms with Crippen LogP contribution in [0.1, 0.15) is 38.7 Å². The van der Waals surface area contributed by atoms with Crippen LogP contribution in [0.3, 0.4) is 0 Å². The molecule has 0 aromatic heterocycles. The highest BCUT2D eigenvalue weighted by Crippen LogP contribution is 2.12. The van der Waals surface area contributed by atoms with Gasteiger partial charge < -0.3 is 5.11 Å². The molecule has 0 saturated carbocycles. The number of rotatable bonds is 9. The van der Waals surface area contributed by atoms with Gasteiger partial charge in [-0.05, 0) is 42.9 Å². The molecule has 1 aromatic carbocycles. The van der Waals surface area contributed by atoms with Crippen LogP contribution >= 0.6 is 0 Å². The summed E-state index contributed by atoms with van der Waals surface area (Å²) in [6, 6.07) is 7.05. The first-order chi connectivity index (χ1) is 9.49. The minimum Gasteiger partial charge on any atom is -0.396 e. The molecular formula is C15H25NO3S. The lowest BCUT2D eigenvalue weighted by atomic mass is 10.1. The zero-order chi connectivity index (χ0) is 15.0. The van der Waals surface area contributed by atoms with Gasteiger partial charge in [-0.25, -0.2) is 13.1 Å². The Hall–Kier alpha value is -0.910. The standard InChI is InChI=1S/C15H25NO3S/c1-3-5-14-7-9-15(10-8-14)20(18,19)16-11-4-6-13(2)12-17/h7-10,13,16-17H,3-6,11-12H2,1-2H3. The van der Waals surface area contributed by atoms with Crippen molar-refractivity contribution in [3.8, 4) is 0 Å². The Morgan fingerprint density at radius 2 is 1.90 bits per heavy atom. The Kier molecular flexibility index (Phi) is 7.19. The molecule has 0 radical (unpaired) electrons. The summed E-state index contributed by atoms with van der Waals surface area (Å²) >= 11 is 0. The number of benzene rings is 1. The molecule has 1 unspecified atom stereocenters. The van der Waals surface area contributed by atoms with Crippen molar-refractivity contribution >= 4 is 10.0 Å². The van der Waals surface area contributed by atoms with E-state index in [1.54, 1.807) is 12.1 Å². The molecule has 0 fully saturated rings. The van der Waals surface area contributed by atoms with Gasteiger partial charge in [0.05, 0.1) is 4.90 Å². The number of aliphatic hydroxyl groups excluding tert-OH is 1. The minimum absolute atomic E-state index is 0.144. The maximum absolute atomic E-state index is 12.1. The molecule has 0 heterocycles. The number of aliphatic hydroxyl groups is 1. The Morgan fingerprint density at radius 1 is 1.25 bits per heavy atom. The number of sulfonamides is 1. The molecule has 1 rings (SSSR count). The Balaban J connectivity index is 2.51. The van der Waals surface area contributed by atoms with E-state index < -0.39 is 10.0 Å². The third kappa shape index (κ3) is 5.61. The predicted molar refractivity (Wildman–Crippen MR) is 81.1 cm³/mol. The lowest BCUT2D eigenvalue weighted by molar-refractivity contribution is 0.228. The highest BCUT2D eigenvalue weighted by molar-refractivity contribution is 7.89. The van der Waals surface area contributed by atoms with Crippen molar-refractivity contribution in [2.75, 3.05) is 13.2 Å². The third-order valence-electron chi connectivity index (χ3n) is 3.25. The van der Waals surface area contributed by atoms with Crippen LogP contribution in [-0.4, -0.2) is 26.7 Å². The van der Waals surface area contributed by atoms with E-state index in [0.717, 1.165) is 31.2 Å². The van der Waals surface area contributed by atoms with E-state index in [-0.39, 0.29) is 12.5 Å². The molecule has 0 aliphatic rings. The second kappa shape index (κ2) is 8.39. The van der Waals surface area contributed by atoms with Gasteiger partial charge in [0.2, 0.25) is 10.0 Å². The summed E-state index contributed by atoms with van der Waals surface area (Å²) in [5, 5.41) is 8.90. The summed E-state index contributed by atoms with van der Waals surface area (Å²) in [6.45, 7) is 4.59. The van der Waals surface area contributed by atoms with Crippen molar-refractivity contribution in [2.24, 2.45) is 5.92 Å². The van der Waals surface area contributed by atoms with Gasteiger partial charge >= 0.3 is 0 Å². The Morgan fingerprint density at radius 3 is 2.45 bits per heavy atom. The Bertz CT molecular complexity index is 482. The normalized spacial score (nSPS) is 13.3. The van der Waals surface area contributed by atoms with Crippen molar-refractivity contribution in [2.45, 2.75) is 44.4 Å². The second-order valence-electron chi connectivity index (χ2n) is 5.22. The smallest absolute Gasteiger partial charge is 0.240 e. The van der Waals surface area contributed by atoms with Crippen LogP contribution < -0.4 is 4.72 Å². The molecule has 5 heteroatoms. The topological polar surface area (TPSA) is 66.4 Å². The lowest BCUT2D eigenvalue weighted by Gasteiger charge is -2.09. The van der Waals surface area contributed by atoms with Gasteiger partial charge in [-0.2, -0.15) is 0 Å². The molecule has 4 nitrogen and oxygen atoms in total. The molecule has 0 spiro atoms. The third-order valence-corrected chi connectivity index (χ3v) is 4.73. The van der Waals surface area contributed by atoms with Crippen molar-refractivity contribution in [1.82, 2.24) is 4.72 Å². The summed E-state index contributed by atoms with van der Waals surface area (Å²) in [6.07, 6.45) is 3.56. The zero-order valence-electron chi connectivity index (χ0n) is 12.3. The molecule has 2 N–H and O–H groups in total. The van der Waals surface area contributed by atoms with E-state index in [1.807, 2.05) is 19.1 Å². The summed E-state index contributed by atoms with van der Waals surface area (Å²) < 4.78 is 26.7. The first-order valence-electron chi connectivity index (χ1n) is 7.19. The molecule has 0 aliphatic carbocycles. The molecule has 0 amide bonds. The van der Waals surface area contributed by atoms with E-state index in [0.29, 0.717) is 11.4 Å². The molecule has 0 aliphatic heterocycles. The molecule has 20 heavy (non-hydrogen) atoms. The fraction of sp³-hybridized carbons (Fsp3) is 0.600. The van der Waals surface area contributed by atoms with Crippen molar-refractivity contribution in [1.29, 1.82) is 0 Å². The lowest BCUT2D eigenvalue weighted by Crippen LogP contribution is -2.25. The average molecular weight is 299 g/mol. The average Bonchev–Trinajstić information content (AvgIpc) is 2.44. The molecule has 0 bridgehead atoms. The number of aryl methyl sites for hydroxylation is 1. The molecular weight excluding hydrogens is 274 g/mol. The van der Waals surface area contributed by atoms with Gasteiger partial charge in [0, 0.05) is 13.2 Å². The van der Waals surface area contributed by atoms with Gasteiger partial charge in [-0.1, -0.05) is 32.4 Å². The minimum atomic E-state index is -3.41. The highest BCUT2D eigenvalue weighted by atomic mass is 32.2. The van der Waals surface area contributed by atoms with Gasteiger partial charge in [-0.15, -0.1) is 0 Å². The SMILES string of the molecule is CCCc1ccc(S(=O)(=O)NCCCC(C)CO)cc1. The monoisotopic (exact) mass is 299 g/mol. The van der Waals surface area contributed by atoms with Crippen LogP contribution in [0.4, 0.5) is 0 Å². The predicted octanol–water partition coefficient (Wildman–Crippen LogP) is 2.33. The van der Waals surface area contributed by atoms with Gasteiger partial charge in [0.25, 0.3) is 0 Å². The van der Waals surface area contributed by atoms with Crippen LogP contribution in [0.5, 0.6) is 0 Å². The number of nitrogens with one attached hydrogen (secondary N) is 1. The fourth-order valence-electron chi connectivity index (χ4n) is 1.96. The van der Waals surface area contributed by atoms with Gasteiger partial charge in [-0.3, -0.25) is 0 Å². The van der Waals surface area contributed by atoms with Crippen LogP contribution in [0.25, 0.3) is 0 Å². The van der Waals surface area contributed by atoms with E-state index in [9.17, 15) is 8.42 Å². The van der Waals surface area contributed by atoms with Gasteiger partial charge in [0.1, 0.15) is 0 Å². The van der Waals surface area contributed by atoms with E-state index >= 15 is 0 Å². The molecule has 1 aromatic rings. The fourth-order valence-corrected chi connectivity index (χ4v) is 3.03. The van der Waals surface area contributed by atoms with E-state index in [4.69, 9.17) is 5.11 Å². The van der Waals surface area contributed by atoms with E-state index in [2.05, 4.69) is 11.6 Å². The molecule has 1 atom stereocenters. The summed E-state index contributed by atoms with van der Waals surface area (Å²) in [5.41, 5.74) is 1.16. The van der Waals surface area contributed by atoms with E-state index in [1.165, 1.54) is 0 Å². The number of hydrogen-bond acceptors (Lipinski definition) is 3. The first-order valence-corrected chi connectivity index (χ1v) is 8.67. The first kappa shape index (κ1) is 17.1. The molecule has 114 valence electrons. The summed E-state index contributed by atoms with van der Waals surface area (Å²) in [4.78, 5) is 0.313. The maximum Gasteiger partial charge on any atom is 0.240 e. The van der Waals surface area contributed by atoms with Crippen molar-refractivity contribution in [3.05, 3.63) is 29.8 Å². The largest absolute Gasteiger partial charge is 0.396 e. The molecule has 0 saturated heterocycles. The van der Waals surface area contributed by atoms with Crippen LogP contribution in [0.2, 0.25) is 0 Å². The van der Waals surface area contributed by atoms with Crippen LogP contribution in [0.15, 0.2) is 29.2 Å². The second-order valence-corrected chi connectivity index (χ2v) is 6.99. The van der Waals surface area contributed by atoms with Crippen molar-refractivity contribution < 1.29 is 13.5 Å². The quantitative estimate of drug-likeness (QED) is 0.688. The maximum atomic E-state index is 12.1. The highest BCUT2D eigenvalue weighted by Gasteiger charge is 2.13.